The zero-order valence-corrected chi connectivity index (χ0v) is 9.16. The van der Waals surface area contributed by atoms with E-state index < -0.39 is 0 Å². The molecule has 0 aliphatic heterocycles. The van der Waals surface area contributed by atoms with Gasteiger partial charge in [0.15, 0.2) is 0 Å². The molecule has 0 aliphatic carbocycles. The number of aromatic nitrogens is 2. The van der Waals surface area contributed by atoms with E-state index in [1.807, 2.05) is 0 Å². The minimum Gasteiger partial charge on any atom is -0.480 e. The number of hydrogen-bond donors (Lipinski definition) is 1. The Morgan fingerprint density at radius 3 is 2.64 bits per heavy atom. The van der Waals surface area contributed by atoms with E-state index in [9.17, 15) is 0 Å². The lowest BCUT2D eigenvalue weighted by atomic mass is 10.1. The van der Waals surface area contributed by atoms with E-state index in [2.05, 4.69) is 36.1 Å². The number of nitrogens with zero attached hydrogens (tertiary/aromatic N) is 2. The SMILES string of the molecule is COc1cncc(CNC(C)(C)C)n1. The van der Waals surface area contributed by atoms with Gasteiger partial charge >= 0.3 is 0 Å². The van der Waals surface area contributed by atoms with Crippen molar-refractivity contribution in [2.75, 3.05) is 7.11 Å². The minimum atomic E-state index is 0.0881. The van der Waals surface area contributed by atoms with Crippen LogP contribution < -0.4 is 10.1 Å². The van der Waals surface area contributed by atoms with Gasteiger partial charge in [0.25, 0.3) is 0 Å². The van der Waals surface area contributed by atoms with Crippen molar-refractivity contribution in [1.82, 2.24) is 15.3 Å². The Morgan fingerprint density at radius 2 is 2.07 bits per heavy atom. The maximum absolute atomic E-state index is 4.99. The monoisotopic (exact) mass is 195 g/mol. The molecule has 1 aromatic heterocycles. The van der Waals surface area contributed by atoms with Crippen molar-refractivity contribution in [1.29, 1.82) is 0 Å². The zero-order chi connectivity index (χ0) is 10.6. The highest BCUT2D eigenvalue weighted by molar-refractivity contribution is 5.08. The van der Waals surface area contributed by atoms with Gasteiger partial charge in [-0.15, -0.1) is 0 Å². The second-order valence-corrected chi connectivity index (χ2v) is 4.16. The van der Waals surface area contributed by atoms with E-state index in [4.69, 9.17) is 4.74 Å². The van der Waals surface area contributed by atoms with Crippen molar-refractivity contribution >= 4 is 0 Å². The van der Waals surface area contributed by atoms with Gasteiger partial charge in [-0.05, 0) is 20.8 Å². The molecule has 0 atom stereocenters. The predicted molar refractivity (Wildman–Crippen MR) is 55.2 cm³/mol. The third-order valence-electron chi connectivity index (χ3n) is 1.67. The minimum absolute atomic E-state index is 0.0881. The summed E-state index contributed by atoms with van der Waals surface area (Å²) in [7, 11) is 1.59. The zero-order valence-electron chi connectivity index (χ0n) is 9.16. The fraction of sp³-hybridized carbons (Fsp3) is 0.600. The van der Waals surface area contributed by atoms with Gasteiger partial charge in [0, 0.05) is 18.3 Å². The normalized spacial score (nSPS) is 11.4. The maximum Gasteiger partial charge on any atom is 0.232 e. The fourth-order valence-electron chi connectivity index (χ4n) is 0.926. The molecular formula is C10H17N3O. The Balaban J connectivity index is 2.59. The predicted octanol–water partition coefficient (Wildman–Crippen LogP) is 1.37. The Bertz CT molecular complexity index is 294. The summed E-state index contributed by atoms with van der Waals surface area (Å²) in [6.45, 7) is 7.04. The summed E-state index contributed by atoms with van der Waals surface area (Å²) in [5.74, 6) is 0.554. The molecule has 1 heterocycles. The van der Waals surface area contributed by atoms with Crippen molar-refractivity contribution in [3.05, 3.63) is 18.1 Å². The third kappa shape index (κ3) is 3.70. The molecule has 1 rings (SSSR count). The van der Waals surface area contributed by atoms with Crippen molar-refractivity contribution in [3.63, 3.8) is 0 Å². The van der Waals surface area contributed by atoms with E-state index >= 15 is 0 Å². The first kappa shape index (κ1) is 10.9. The van der Waals surface area contributed by atoms with Crippen LogP contribution in [-0.4, -0.2) is 22.6 Å². The number of ether oxygens (including phenoxy) is 1. The van der Waals surface area contributed by atoms with Crippen molar-refractivity contribution < 1.29 is 4.74 Å². The van der Waals surface area contributed by atoms with Crippen LogP contribution in [0.5, 0.6) is 5.88 Å². The summed E-state index contributed by atoms with van der Waals surface area (Å²) < 4.78 is 4.99. The number of hydrogen-bond acceptors (Lipinski definition) is 4. The molecule has 4 heteroatoms. The first-order valence-corrected chi connectivity index (χ1v) is 4.61. The smallest absolute Gasteiger partial charge is 0.232 e. The average molecular weight is 195 g/mol. The summed E-state index contributed by atoms with van der Waals surface area (Å²) in [5.41, 5.74) is 0.976. The second kappa shape index (κ2) is 4.37. The molecule has 0 saturated carbocycles. The van der Waals surface area contributed by atoms with E-state index in [1.165, 1.54) is 0 Å². The number of nitrogens with one attached hydrogen (secondary N) is 1. The van der Waals surface area contributed by atoms with Crippen LogP contribution in [0.25, 0.3) is 0 Å². The second-order valence-electron chi connectivity index (χ2n) is 4.16. The summed E-state index contributed by atoms with van der Waals surface area (Å²) in [5, 5.41) is 3.33. The summed E-state index contributed by atoms with van der Waals surface area (Å²) in [6.07, 6.45) is 3.34. The molecule has 1 N–H and O–H groups in total. The number of methoxy groups -OCH3 is 1. The van der Waals surface area contributed by atoms with Crippen LogP contribution in [0.2, 0.25) is 0 Å². The Labute approximate surface area is 84.7 Å². The lowest BCUT2D eigenvalue weighted by Crippen LogP contribution is -2.35. The lowest BCUT2D eigenvalue weighted by Gasteiger charge is -2.19. The van der Waals surface area contributed by atoms with E-state index in [0.717, 1.165) is 5.69 Å². The first-order valence-electron chi connectivity index (χ1n) is 4.61. The van der Waals surface area contributed by atoms with Crippen LogP contribution >= 0.6 is 0 Å². The summed E-state index contributed by atoms with van der Waals surface area (Å²) in [4.78, 5) is 8.28. The van der Waals surface area contributed by atoms with Gasteiger partial charge in [-0.3, -0.25) is 4.98 Å². The molecule has 0 unspecified atom stereocenters. The van der Waals surface area contributed by atoms with Crippen LogP contribution in [0.4, 0.5) is 0 Å². The molecule has 14 heavy (non-hydrogen) atoms. The fourth-order valence-corrected chi connectivity index (χ4v) is 0.926. The molecule has 0 radical (unpaired) electrons. The lowest BCUT2D eigenvalue weighted by molar-refractivity contribution is 0.387. The largest absolute Gasteiger partial charge is 0.480 e. The quantitative estimate of drug-likeness (QED) is 0.791. The van der Waals surface area contributed by atoms with Crippen LogP contribution in [0, 0.1) is 0 Å². The maximum atomic E-state index is 4.99. The molecular weight excluding hydrogens is 178 g/mol. The Kier molecular flexibility index (Phi) is 3.41. The summed E-state index contributed by atoms with van der Waals surface area (Å²) in [6, 6.07) is 0. The van der Waals surface area contributed by atoms with Crippen molar-refractivity contribution in [2.24, 2.45) is 0 Å². The highest BCUT2D eigenvalue weighted by Gasteiger charge is 2.09. The van der Waals surface area contributed by atoms with Gasteiger partial charge in [0.05, 0.1) is 19.0 Å². The van der Waals surface area contributed by atoms with Crippen LogP contribution in [-0.2, 0) is 6.54 Å². The van der Waals surface area contributed by atoms with Crippen molar-refractivity contribution in [3.8, 4) is 5.88 Å². The third-order valence-corrected chi connectivity index (χ3v) is 1.67. The Morgan fingerprint density at radius 1 is 1.36 bits per heavy atom. The van der Waals surface area contributed by atoms with E-state index in [0.29, 0.717) is 12.4 Å². The van der Waals surface area contributed by atoms with Gasteiger partial charge in [-0.1, -0.05) is 0 Å². The van der Waals surface area contributed by atoms with Gasteiger partial charge < -0.3 is 10.1 Å². The molecule has 0 saturated heterocycles. The summed E-state index contributed by atoms with van der Waals surface area (Å²) >= 11 is 0. The van der Waals surface area contributed by atoms with Crippen LogP contribution in [0.15, 0.2) is 12.4 Å². The van der Waals surface area contributed by atoms with Gasteiger partial charge in [-0.2, -0.15) is 0 Å². The average Bonchev–Trinajstić information content (AvgIpc) is 2.14. The van der Waals surface area contributed by atoms with Gasteiger partial charge in [-0.25, -0.2) is 4.98 Å². The molecule has 0 bridgehead atoms. The molecule has 78 valence electrons. The van der Waals surface area contributed by atoms with E-state index in [1.54, 1.807) is 19.5 Å². The molecule has 0 amide bonds. The highest BCUT2D eigenvalue weighted by atomic mass is 16.5. The molecule has 0 fully saturated rings. The van der Waals surface area contributed by atoms with Crippen LogP contribution in [0.1, 0.15) is 26.5 Å². The topological polar surface area (TPSA) is 47.0 Å². The van der Waals surface area contributed by atoms with Crippen LogP contribution in [0.3, 0.4) is 0 Å². The molecule has 4 nitrogen and oxygen atoms in total. The molecule has 0 spiro atoms. The molecule has 0 aliphatic rings. The van der Waals surface area contributed by atoms with Gasteiger partial charge in [0.1, 0.15) is 0 Å². The Hall–Kier alpha value is -1.16. The standard InChI is InChI=1S/C10H17N3O/c1-10(2,3)12-6-8-5-11-7-9(13-8)14-4/h5,7,12H,6H2,1-4H3. The van der Waals surface area contributed by atoms with Gasteiger partial charge in [0.2, 0.25) is 5.88 Å². The number of rotatable bonds is 3. The first-order chi connectivity index (χ1) is 6.51. The molecule has 1 aromatic rings. The van der Waals surface area contributed by atoms with E-state index in [-0.39, 0.29) is 5.54 Å². The highest BCUT2D eigenvalue weighted by Crippen LogP contribution is 2.05. The molecule has 0 aromatic carbocycles. The van der Waals surface area contributed by atoms with Crippen molar-refractivity contribution in [2.45, 2.75) is 32.9 Å².